The second-order valence-corrected chi connectivity index (χ2v) is 11.6. The van der Waals surface area contributed by atoms with Gasteiger partial charge in [0.25, 0.3) is 11.8 Å². The van der Waals surface area contributed by atoms with E-state index in [1.54, 1.807) is 74.5 Å². The van der Waals surface area contributed by atoms with Gasteiger partial charge in [0.2, 0.25) is 10.0 Å². The van der Waals surface area contributed by atoms with Gasteiger partial charge in [-0.15, -0.1) is 0 Å². The summed E-state index contributed by atoms with van der Waals surface area (Å²) < 4.78 is 23.5. The molecule has 0 radical (unpaired) electrons. The number of allylic oxidation sites excluding steroid dienone is 1. The summed E-state index contributed by atoms with van der Waals surface area (Å²) in [4.78, 5) is 64.1. The van der Waals surface area contributed by atoms with Gasteiger partial charge in [-0.05, 0) is 37.1 Å². The molecule has 43 heavy (non-hydrogen) atoms. The number of hydrogen-bond acceptors (Lipinski definition) is 10. The summed E-state index contributed by atoms with van der Waals surface area (Å²) in [5.41, 5.74) is 0.855. The van der Waals surface area contributed by atoms with Crippen LogP contribution in [-0.2, 0) is 44.7 Å². The van der Waals surface area contributed by atoms with Crippen LogP contribution in [0.3, 0.4) is 0 Å². The molecule has 2 aromatic rings. The maximum Gasteiger partial charge on any atom is 0.508 e. The topological polar surface area (TPSA) is 147 Å². The minimum atomic E-state index is -1.90. The van der Waals surface area contributed by atoms with Crippen molar-refractivity contribution in [2.75, 3.05) is 19.8 Å². The Kier molecular flexibility index (Phi) is 12.0. The molecule has 3 rings (SSSR count). The van der Waals surface area contributed by atoms with E-state index in [-0.39, 0.29) is 12.3 Å². The second kappa shape index (κ2) is 15.5. The molecule has 1 heterocycles. The fraction of sp³-hybridized carbons (Fsp3) is 0.321. The first-order chi connectivity index (χ1) is 20.4. The lowest BCUT2D eigenvalue weighted by molar-refractivity contribution is -0.191. The Morgan fingerprint density at radius 1 is 0.884 bits per heavy atom. The number of carbonyl (C=O) groups is 5. The molecule has 2 atom stereocenters. The zero-order valence-electron chi connectivity index (χ0n) is 22.9. The number of hydrogen-bond donors (Lipinski definition) is 1. The fourth-order valence-corrected chi connectivity index (χ4v) is 3.80. The molecule has 1 aliphatic rings. The van der Waals surface area contributed by atoms with Crippen LogP contribution in [0.1, 0.15) is 19.4 Å². The van der Waals surface area contributed by atoms with Gasteiger partial charge in [-0.25, -0.2) is 14.4 Å². The molecule has 0 unspecified atom stereocenters. The van der Waals surface area contributed by atoms with Crippen LogP contribution in [0.4, 0.5) is 4.79 Å². The lowest BCUT2D eigenvalue weighted by Gasteiger charge is -2.46. The van der Waals surface area contributed by atoms with E-state index in [9.17, 15) is 24.0 Å². The van der Waals surface area contributed by atoms with Crippen molar-refractivity contribution in [1.29, 1.82) is 0 Å². The molecule has 12 nitrogen and oxygen atoms in total. The number of β-lactam (4-membered cyclic amide) rings is 1. The van der Waals surface area contributed by atoms with E-state index in [0.717, 1.165) is 4.90 Å². The Hall–Kier alpha value is -4.00. The maximum absolute atomic E-state index is 13.2. The molecule has 230 valence electrons. The summed E-state index contributed by atoms with van der Waals surface area (Å²) >= 11 is 16.5. The van der Waals surface area contributed by atoms with Crippen molar-refractivity contribution in [2.45, 2.75) is 36.5 Å². The standard InChI is InChI=1S/C28H27Cl3N2O10/c1-17(2)23(26(37)40-13-18-9-5-3-6-10-18)33-24(36)22(32-20(34)14-39-19-11-7-4-8-12-19)25(33)43-21(35)15-41-27(38)42-16-28(29,30)31/h3-12,22,25H,13-16H2,1-2H3,(H,32,34)/t22-,25-/m0/s1. The molecule has 0 spiro atoms. The van der Waals surface area contributed by atoms with Gasteiger partial charge in [0, 0.05) is 0 Å². The Labute approximate surface area is 261 Å². The van der Waals surface area contributed by atoms with Crippen molar-refractivity contribution in [1.82, 2.24) is 10.2 Å². The van der Waals surface area contributed by atoms with Crippen LogP contribution in [-0.4, -0.2) is 70.7 Å². The zero-order chi connectivity index (χ0) is 31.6. The molecule has 0 bridgehead atoms. The van der Waals surface area contributed by atoms with Crippen molar-refractivity contribution in [3.8, 4) is 5.75 Å². The van der Waals surface area contributed by atoms with Crippen molar-refractivity contribution in [3.05, 3.63) is 77.5 Å². The average molecular weight is 658 g/mol. The van der Waals surface area contributed by atoms with E-state index in [1.165, 1.54) is 0 Å². The van der Waals surface area contributed by atoms with E-state index in [4.69, 9.17) is 49.0 Å². The zero-order valence-corrected chi connectivity index (χ0v) is 25.2. The minimum Gasteiger partial charge on any atom is -0.484 e. The number of para-hydroxylation sites is 1. The summed E-state index contributed by atoms with van der Waals surface area (Å²) in [5, 5.41) is 2.43. The van der Waals surface area contributed by atoms with Crippen LogP contribution in [0, 0.1) is 0 Å². The number of benzene rings is 2. The number of nitrogens with one attached hydrogen (secondary N) is 1. The summed E-state index contributed by atoms with van der Waals surface area (Å²) in [5.74, 6) is -3.07. The maximum atomic E-state index is 13.2. The molecule has 0 aliphatic carbocycles. The number of alkyl halides is 3. The van der Waals surface area contributed by atoms with E-state index in [0.29, 0.717) is 16.9 Å². The van der Waals surface area contributed by atoms with Crippen molar-refractivity contribution < 1.29 is 47.7 Å². The van der Waals surface area contributed by atoms with Gasteiger partial charge in [0.15, 0.2) is 19.3 Å². The normalized spacial score (nSPS) is 15.8. The number of likely N-dealkylation sites (tertiary alicyclic amines) is 1. The van der Waals surface area contributed by atoms with Crippen LogP contribution in [0.2, 0.25) is 0 Å². The van der Waals surface area contributed by atoms with Crippen LogP contribution < -0.4 is 10.1 Å². The predicted octanol–water partition coefficient (Wildman–Crippen LogP) is 3.82. The first kappa shape index (κ1) is 33.5. The second-order valence-electron chi connectivity index (χ2n) is 9.09. The summed E-state index contributed by atoms with van der Waals surface area (Å²) in [6, 6.07) is 15.9. The summed E-state index contributed by atoms with van der Waals surface area (Å²) in [6.07, 6.45) is -2.84. The molecular weight excluding hydrogens is 631 g/mol. The molecule has 2 amide bonds. The van der Waals surface area contributed by atoms with Gasteiger partial charge in [0.05, 0.1) is 0 Å². The van der Waals surface area contributed by atoms with Gasteiger partial charge < -0.3 is 29.0 Å². The van der Waals surface area contributed by atoms with Gasteiger partial charge in [-0.2, -0.15) is 0 Å². The first-order valence-corrected chi connectivity index (χ1v) is 13.7. The molecule has 1 aliphatic heterocycles. The third kappa shape index (κ3) is 10.3. The molecule has 0 saturated carbocycles. The highest BCUT2D eigenvalue weighted by Crippen LogP contribution is 2.30. The number of carbonyl (C=O) groups excluding carboxylic acids is 5. The van der Waals surface area contributed by atoms with Crippen molar-refractivity contribution in [3.63, 3.8) is 0 Å². The molecule has 0 aromatic heterocycles. The Bertz CT molecular complexity index is 1350. The summed E-state index contributed by atoms with van der Waals surface area (Å²) in [6.45, 7) is 0.941. The van der Waals surface area contributed by atoms with E-state index < -0.39 is 65.8 Å². The van der Waals surface area contributed by atoms with Crippen LogP contribution in [0.15, 0.2) is 71.9 Å². The minimum absolute atomic E-state index is 0.0932. The van der Waals surface area contributed by atoms with E-state index >= 15 is 0 Å². The Morgan fingerprint density at radius 3 is 2.12 bits per heavy atom. The highest BCUT2D eigenvalue weighted by Gasteiger charge is 2.54. The average Bonchev–Trinajstić information content (AvgIpc) is 2.98. The summed E-state index contributed by atoms with van der Waals surface area (Å²) in [7, 11) is 0. The van der Waals surface area contributed by atoms with Crippen LogP contribution in [0.25, 0.3) is 0 Å². The number of esters is 2. The first-order valence-electron chi connectivity index (χ1n) is 12.6. The fourth-order valence-electron chi connectivity index (χ4n) is 3.64. The number of ether oxygens (including phenoxy) is 5. The van der Waals surface area contributed by atoms with Gasteiger partial charge >= 0.3 is 18.1 Å². The Balaban J connectivity index is 1.71. The van der Waals surface area contributed by atoms with E-state index in [1.807, 2.05) is 0 Å². The molecule has 1 saturated heterocycles. The van der Waals surface area contributed by atoms with Gasteiger partial charge in [-0.3, -0.25) is 14.5 Å². The van der Waals surface area contributed by atoms with Crippen LogP contribution in [0.5, 0.6) is 5.75 Å². The molecule has 1 N–H and O–H groups in total. The molecule has 1 fully saturated rings. The molecule has 2 aromatic carbocycles. The number of halogens is 3. The smallest absolute Gasteiger partial charge is 0.484 e. The highest BCUT2D eigenvalue weighted by molar-refractivity contribution is 6.67. The van der Waals surface area contributed by atoms with E-state index in [2.05, 4.69) is 14.8 Å². The largest absolute Gasteiger partial charge is 0.508 e. The van der Waals surface area contributed by atoms with Gasteiger partial charge in [0.1, 0.15) is 24.7 Å². The molecular formula is C28H27Cl3N2O10. The highest BCUT2D eigenvalue weighted by atomic mass is 35.6. The third-order valence-electron chi connectivity index (χ3n) is 5.51. The lowest BCUT2D eigenvalue weighted by Crippen LogP contribution is -2.72. The SMILES string of the molecule is CC(C)=C(C(=O)OCc1ccccc1)N1C(=O)[C@H](NC(=O)COc2ccccc2)[C@@H]1OC(=O)COC(=O)OCC(Cl)(Cl)Cl. The van der Waals surface area contributed by atoms with Crippen molar-refractivity contribution >= 4 is 64.7 Å². The van der Waals surface area contributed by atoms with Crippen LogP contribution >= 0.6 is 34.8 Å². The van der Waals surface area contributed by atoms with Gasteiger partial charge in [-0.1, -0.05) is 83.3 Å². The monoisotopic (exact) mass is 656 g/mol. The number of rotatable bonds is 12. The lowest BCUT2D eigenvalue weighted by atomic mass is 10.0. The predicted molar refractivity (Wildman–Crippen MR) is 153 cm³/mol. The quantitative estimate of drug-likeness (QED) is 0.117. The number of amides is 2. The third-order valence-corrected chi connectivity index (χ3v) is 5.83. The number of nitrogens with zero attached hydrogens (tertiary/aromatic N) is 1. The Morgan fingerprint density at radius 2 is 1.51 bits per heavy atom. The van der Waals surface area contributed by atoms with Crippen molar-refractivity contribution in [2.24, 2.45) is 0 Å². The molecule has 15 heteroatoms.